The Balaban J connectivity index is 2.08. The molecule has 0 aromatic carbocycles. The molecule has 0 spiro atoms. The van der Waals surface area contributed by atoms with E-state index in [-0.39, 0.29) is 17.9 Å². The molecule has 1 aromatic heterocycles. The molecule has 1 unspecified atom stereocenters. The maximum absolute atomic E-state index is 11.9. The second-order valence-electron chi connectivity index (χ2n) is 4.56. The first-order chi connectivity index (χ1) is 8.13. The normalized spacial score (nSPS) is 17.6. The molecule has 0 aliphatic carbocycles. The monoisotopic (exact) mass is 237 g/mol. The topological polar surface area (TPSA) is 67.2 Å². The van der Waals surface area contributed by atoms with Gasteiger partial charge in [0.1, 0.15) is 5.76 Å². The molecular formula is C12H19N3O2. The highest BCUT2D eigenvalue weighted by Gasteiger charge is 2.28. The zero-order chi connectivity index (χ0) is 12.4. The average Bonchev–Trinajstić information content (AvgIpc) is 2.53. The third kappa shape index (κ3) is 2.34. The Labute approximate surface area is 101 Å². The van der Waals surface area contributed by atoms with Crippen molar-refractivity contribution >= 4 is 5.91 Å². The van der Waals surface area contributed by atoms with E-state index >= 15 is 0 Å². The lowest BCUT2D eigenvalue weighted by molar-refractivity contribution is -0.127. The fourth-order valence-corrected chi connectivity index (χ4v) is 2.13. The lowest BCUT2D eigenvalue weighted by Gasteiger charge is -2.28. The van der Waals surface area contributed by atoms with E-state index in [1.54, 1.807) is 0 Å². The molecule has 0 radical (unpaired) electrons. The summed E-state index contributed by atoms with van der Waals surface area (Å²) < 4.78 is 5.15. The minimum atomic E-state index is 0.00866. The van der Waals surface area contributed by atoms with E-state index in [0.717, 1.165) is 36.5 Å². The van der Waals surface area contributed by atoms with Crippen LogP contribution in [-0.2, 0) is 4.79 Å². The molecule has 1 aliphatic rings. The molecule has 5 nitrogen and oxygen atoms in total. The first-order valence-corrected chi connectivity index (χ1v) is 6.07. The summed E-state index contributed by atoms with van der Waals surface area (Å²) in [4.78, 5) is 11.9. The van der Waals surface area contributed by atoms with E-state index in [0.29, 0.717) is 0 Å². The predicted molar refractivity (Wildman–Crippen MR) is 63.5 cm³/mol. The van der Waals surface area contributed by atoms with Crippen LogP contribution in [0.1, 0.15) is 36.4 Å². The Bertz CT molecular complexity index is 390. The van der Waals surface area contributed by atoms with E-state index in [1.807, 2.05) is 13.8 Å². The van der Waals surface area contributed by atoms with Gasteiger partial charge in [-0.3, -0.25) is 4.79 Å². The SMILES string of the molecule is CCC(NC(=O)C1CNC1)c1c(C)noc1C. The molecule has 1 aliphatic heterocycles. The van der Waals surface area contributed by atoms with E-state index in [4.69, 9.17) is 4.52 Å². The van der Waals surface area contributed by atoms with Crippen molar-refractivity contribution in [2.45, 2.75) is 33.2 Å². The molecule has 1 atom stereocenters. The van der Waals surface area contributed by atoms with Crippen molar-refractivity contribution < 1.29 is 9.32 Å². The first kappa shape index (κ1) is 12.1. The van der Waals surface area contributed by atoms with Gasteiger partial charge in [0.15, 0.2) is 0 Å². The Morgan fingerprint density at radius 2 is 2.29 bits per heavy atom. The maximum atomic E-state index is 11.9. The summed E-state index contributed by atoms with van der Waals surface area (Å²) in [6.45, 7) is 7.41. The summed E-state index contributed by atoms with van der Waals surface area (Å²) in [7, 11) is 0. The molecule has 1 amide bonds. The van der Waals surface area contributed by atoms with Crippen LogP contribution in [0, 0.1) is 19.8 Å². The average molecular weight is 237 g/mol. The number of aromatic nitrogens is 1. The number of rotatable bonds is 4. The van der Waals surface area contributed by atoms with Gasteiger partial charge in [0.2, 0.25) is 5.91 Å². The number of nitrogens with zero attached hydrogens (tertiary/aromatic N) is 1. The van der Waals surface area contributed by atoms with Crippen LogP contribution in [0.15, 0.2) is 4.52 Å². The molecule has 2 rings (SSSR count). The van der Waals surface area contributed by atoms with Gasteiger partial charge in [0.05, 0.1) is 17.7 Å². The number of amides is 1. The smallest absolute Gasteiger partial charge is 0.226 e. The molecule has 17 heavy (non-hydrogen) atoms. The van der Waals surface area contributed by atoms with Crippen LogP contribution in [0.2, 0.25) is 0 Å². The van der Waals surface area contributed by atoms with Gasteiger partial charge in [0, 0.05) is 18.7 Å². The van der Waals surface area contributed by atoms with Crippen LogP contribution in [0.3, 0.4) is 0 Å². The third-order valence-electron chi connectivity index (χ3n) is 3.31. The van der Waals surface area contributed by atoms with E-state index in [1.165, 1.54) is 0 Å². The summed E-state index contributed by atoms with van der Waals surface area (Å²) in [6.07, 6.45) is 0.842. The van der Waals surface area contributed by atoms with Crippen molar-refractivity contribution in [1.29, 1.82) is 0 Å². The molecule has 1 aromatic rings. The van der Waals surface area contributed by atoms with Gasteiger partial charge in [0.25, 0.3) is 0 Å². The zero-order valence-corrected chi connectivity index (χ0v) is 10.5. The molecule has 0 saturated carbocycles. The van der Waals surface area contributed by atoms with E-state index in [2.05, 4.69) is 22.7 Å². The molecule has 2 heterocycles. The van der Waals surface area contributed by atoms with E-state index < -0.39 is 0 Å². The summed E-state index contributed by atoms with van der Waals surface area (Å²) in [5, 5.41) is 10.1. The number of hydrogen-bond donors (Lipinski definition) is 2. The zero-order valence-electron chi connectivity index (χ0n) is 10.5. The molecule has 94 valence electrons. The molecule has 5 heteroatoms. The molecular weight excluding hydrogens is 218 g/mol. The first-order valence-electron chi connectivity index (χ1n) is 6.07. The maximum Gasteiger partial charge on any atom is 0.226 e. The van der Waals surface area contributed by atoms with Crippen molar-refractivity contribution in [2.75, 3.05) is 13.1 Å². The lowest BCUT2D eigenvalue weighted by atomic mass is 9.99. The second-order valence-corrected chi connectivity index (χ2v) is 4.56. The Hall–Kier alpha value is -1.36. The standard InChI is InChI=1S/C12H19N3O2/c1-4-10(11-7(2)15-17-8(11)3)14-12(16)9-5-13-6-9/h9-10,13H,4-6H2,1-3H3,(H,14,16). The molecule has 1 saturated heterocycles. The summed E-state index contributed by atoms with van der Waals surface area (Å²) >= 11 is 0. The lowest BCUT2D eigenvalue weighted by Crippen LogP contribution is -2.51. The van der Waals surface area contributed by atoms with Crippen molar-refractivity contribution in [2.24, 2.45) is 5.92 Å². The highest BCUT2D eigenvalue weighted by molar-refractivity contribution is 5.80. The number of aryl methyl sites for hydroxylation is 2. The summed E-state index contributed by atoms with van der Waals surface area (Å²) in [5.74, 6) is 1.03. The minimum absolute atomic E-state index is 0.00866. The van der Waals surface area contributed by atoms with Crippen molar-refractivity contribution in [3.63, 3.8) is 0 Å². The van der Waals surface area contributed by atoms with Crippen LogP contribution in [0.25, 0.3) is 0 Å². The molecule has 1 fully saturated rings. The van der Waals surface area contributed by atoms with Crippen LogP contribution < -0.4 is 10.6 Å². The van der Waals surface area contributed by atoms with Crippen LogP contribution in [0.4, 0.5) is 0 Å². The summed E-state index contributed by atoms with van der Waals surface area (Å²) in [5.41, 5.74) is 1.88. The third-order valence-corrected chi connectivity index (χ3v) is 3.31. The van der Waals surface area contributed by atoms with Crippen LogP contribution >= 0.6 is 0 Å². The number of hydrogen-bond acceptors (Lipinski definition) is 4. The van der Waals surface area contributed by atoms with Crippen molar-refractivity contribution in [3.05, 3.63) is 17.0 Å². The highest BCUT2D eigenvalue weighted by atomic mass is 16.5. The van der Waals surface area contributed by atoms with Crippen LogP contribution in [0.5, 0.6) is 0 Å². The quantitative estimate of drug-likeness (QED) is 0.822. The Morgan fingerprint density at radius 1 is 1.59 bits per heavy atom. The minimum Gasteiger partial charge on any atom is -0.361 e. The van der Waals surface area contributed by atoms with Gasteiger partial charge in [-0.1, -0.05) is 12.1 Å². The highest BCUT2D eigenvalue weighted by Crippen LogP contribution is 2.24. The van der Waals surface area contributed by atoms with Crippen LogP contribution in [-0.4, -0.2) is 24.2 Å². The number of carbonyl (C=O) groups is 1. The number of carbonyl (C=O) groups excluding carboxylic acids is 1. The van der Waals surface area contributed by atoms with Crippen molar-refractivity contribution in [3.8, 4) is 0 Å². The van der Waals surface area contributed by atoms with Crippen molar-refractivity contribution in [1.82, 2.24) is 15.8 Å². The second kappa shape index (κ2) is 4.87. The molecule has 0 bridgehead atoms. The fourth-order valence-electron chi connectivity index (χ4n) is 2.13. The molecule has 2 N–H and O–H groups in total. The summed E-state index contributed by atoms with van der Waals surface area (Å²) in [6, 6.07) is 0.00866. The van der Waals surface area contributed by atoms with Gasteiger partial charge in [-0.25, -0.2) is 0 Å². The van der Waals surface area contributed by atoms with Gasteiger partial charge in [-0.15, -0.1) is 0 Å². The Kier molecular flexibility index (Phi) is 3.47. The van der Waals surface area contributed by atoms with E-state index in [9.17, 15) is 4.79 Å². The predicted octanol–water partition coefficient (Wildman–Crippen LogP) is 1.08. The van der Waals surface area contributed by atoms with Gasteiger partial charge >= 0.3 is 0 Å². The largest absolute Gasteiger partial charge is 0.361 e. The fraction of sp³-hybridized carbons (Fsp3) is 0.667. The number of nitrogens with one attached hydrogen (secondary N) is 2. The van der Waals surface area contributed by atoms with Gasteiger partial charge in [-0.2, -0.15) is 0 Å². The van der Waals surface area contributed by atoms with Gasteiger partial charge in [-0.05, 0) is 20.3 Å². The Morgan fingerprint density at radius 3 is 2.71 bits per heavy atom. The van der Waals surface area contributed by atoms with Gasteiger partial charge < -0.3 is 15.2 Å².